The number of thiophene rings is 1. The maximum atomic E-state index is 12.7. The molecule has 3 aromatic heterocycles. The van der Waals surface area contributed by atoms with E-state index in [1.165, 1.54) is 18.4 Å². The van der Waals surface area contributed by atoms with E-state index in [0.29, 0.717) is 21.5 Å². The van der Waals surface area contributed by atoms with Crippen molar-refractivity contribution >= 4 is 44.1 Å². The van der Waals surface area contributed by atoms with Crippen LogP contribution in [-0.2, 0) is 7.05 Å². The van der Waals surface area contributed by atoms with Gasteiger partial charge in [0, 0.05) is 23.5 Å². The molecule has 0 aliphatic carbocycles. The lowest BCUT2D eigenvalue weighted by molar-refractivity contribution is 0.0845. The van der Waals surface area contributed by atoms with Crippen LogP contribution in [0.4, 0.5) is 0 Å². The molecule has 4 aromatic rings. The number of nitrogens with one attached hydrogen (secondary N) is 2. The highest BCUT2D eigenvalue weighted by Gasteiger charge is 2.20. The first-order valence-electron chi connectivity index (χ1n) is 9.09. The number of carbonyl (C=O) groups excluding carboxylic acids is 2. The Balaban J connectivity index is 1.62. The summed E-state index contributed by atoms with van der Waals surface area (Å²) in [5.74, 6) is -0.454. The molecule has 152 valence electrons. The van der Waals surface area contributed by atoms with Crippen LogP contribution in [0.1, 0.15) is 37.2 Å². The SMILES string of the molecule is Cc1nc(C)c2c(C)c(C(=O)NNC(=O)c3nn(C)c(=O)c4ccccc34)sc2n1. The number of hydrazine groups is 1. The van der Waals surface area contributed by atoms with Crippen molar-refractivity contribution in [3.8, 4) is 0 Å². The molecule has 4 rings (SSSR count). The quantitative estimate of drug-likeness (QED) is 0.477. The molecule has 9 nitrogen and oxygen atoms in total. The summed E-state index contributed by atoms with van der Waals surface area (Å²) in [6.45, 7) is 5.49. The molecule has 10 heteroatoms. The molecule has 0 unspecified atom stereocenters. The lowest BCUT2D eigenvalue weighted by atomic mass is 10.1. The zero-order valence-electron chi connectivity index (χ0n) is 16.7. The number of nitrogens with zero attached hydrogens (tertiary/aromatic N) is 4. The Bertz CT molecular complexity index is 1410. The highest BCUT2D eigenvalue weighted by molar-refractivity contribution is 7.20. The Morgan fingerprint density at radius 2 is 1.67 bits per heavy atom. The summed E-state index contributed by atoms with van der Waals surface area (Å²) in [5, 5.41) is 5.67. The van der Waals surface area contributed by atoms with Gasteiger partial charge in [0.2, 0.25) is 0 Å². The molecule has 0 bridgehead atoms. The molecule has 2 N–H and O–H groups in total. The number of amides is 2. The molecule has 0 aliphatic heterocycles. The Morgan fingerprint density at radius 3 is 2.40 bits per heavy atom. The number of benzene rings is 1. The summed E-state index contributed by atoms with van der Waals surface area (Å²) in [7, 11) is 1.47. The van der Waals surface area contributed by atoms with E-state index in [2.05, 4.69) is 25.9 Å². The van der Waals surface area contributed by atoms with Gasteiger partial charge in [-0.2, -0.15) is 5.10 Å². The van der Waals surface area contributed by atoms with E-state index in [1.807, 2.05) is 13.8 Å². The average Bonchev–Trinajstić information content (AvgIpc) is 3.05. The first kappa shape index (κ1) is 19.6. The van der Waals surface area contributed by atoms with Crippen molar-refractivity contribution in [1.82, 2.24) is 30.6 Å². The molecule has 2 amide bonds. The molecule has 0 atom stereocenters. The van der Waals surface area contributed by atoms with Crippen LogP contribution in [0.2, 0.25) is 0 Å². The summed E-state index contributed by atoms with van der Waals surface area (Å²) in [6, 6.07) is 6.69. The Morgan fingerprint density at radius 1 is 1.00 bits per heavy atom. The Labute approximate surface area is 174 Å². The number of rotatable bonds is 2. The van der Waals surface area contributed by atoms with Gasteiger partial charge in [-0.1, -0.05) is 18.2 Å². The zero-order valence-corrected chi connectivity index (χ0v) is 17.5. The number of aryl methyl sites for hydroxylation is 4. The smallest absolute Gasteiger partial charge is 0.267 e. The molecular formula is C20H18N6O3S. The maximum absolute atomic E-state index is 12.7. The summed E-state index contributed by atoms with van der Waals surface area (Å²) in [5.41, 5.74) is 6.11. The minimum absolute atomic E-state index is 0.0402. The van der Waals surface area contributed by atoms with Crippen LogP contribution < -0.4 is 16.4 Å². The molecule has 0 fully saturated rings. The summed E-state index contributed by atoms with van der Waals surface area (Å²) < 4.78 is 1.10. The fraction of sp³-hybridized carbons (Fsp3) is 0.200. The predicted octanol–water partition coefficient (Wildman–Crippen LogP) is 1.94. The van der Waals surface area contributed by atoms with Crippen molar-refractivity contribution in [3.05, 3.63) is 62.3 Å². The Hall–Kier alpha value is -3.66. The van der Waals surface area contributed by atoms with Crippen molar-refractivity contribution in [3.63, 3.8) is 0 Å². The first-order chi connectivity index (χ1) is 14.3. The summed E-state index contributed by atoms with van der Waals surface area (Å²) >= 11 is 1.24. The minimum Gasteiger partial charge on any atom is -0.267 e. The number of fused-ring (bicyclic) bond motifs is 2. The molecule has 1 aromatic carbocycles. The highest BCUT2D eigenvalue weighted by Crippen LogP contribution is 2.31. The van der Waals surface area contributed by atoms with Crippen molar-refractivity contribution in [2.24, 2.45) is 7.05 Å². The van der Waals surface area contributed by atoms with Crippen LogP contribution >= 0.6 is 11.3 Å². The van der Waals surface area contributed by atoms with Crippen molar-refractivity contribution in [1.29, 1.82) is 0 Å². The number of carbonyl (C=O) groups is 2. The van der Waals surface area contributed by atoms with Crippen LogP contribution in [0.25, 0.3) is 21.0 Å². The van der Waals surface area contributed by atoms with Crippen LogP contribution in [0.3, 0.4) is 0 Å². The molecule has 0 radical (unpaired) electrons. The third-order valence-electron chi connectivity index (χ3n) is 4.75. The molecule has 30 heavy (non-hydrogen) atoms. The van der Waals surface area contributed by atoms with E-state index in [4.69, 9.17) is 0 Å². The molecule has 0 saturated carbocycles. The molecule has 0 spiro atoms. The van der Waals surface area contributed by atoms with E-state index in [0.717, 1.165) is 26.2 Å². The molecule has 3 heterocycles. The van der Waals surface area contributed by atoms with Gasteiger partial charge >= 0.3 is 0 Å². The number of hydrogen-bond donors (Lipinski definition) is 2. The highest BCUT2D eigenvalue weighted by atomic mass is 32.1. The zero-order chi connectivity index (χ0) is 21.6. The van der Waals surface area contributed by atoms with E-state index >= 15 is 0 Å². The van der Waals surface area contributed by atoms with Crippen molar-refractivity contribution < 1.29 is 9.59 Å². The van der Waals surface area contributed by atoms with Gasteiger partial charge in [0.25, 0.3) is 17.4 Å². The van der Waals surface area contributed by atoms with Gasteiger partial charge in [-0.3, -0.25) is 25.2 Å². The van der Waals surface area contributed by atoms with Gasteiger partial charge in [-0.05, 0) is 32.4 Å². The van der Waals surface area contributed by atoms with E-state index in [-0.39, 0.29) is 11.3 Å². The Kier molecular flexibility index (Phi) is 4.78. The summed E-state index contributed by atoms with van der Waals surface area (Å²) in [4.78, 5) is 47.5. The third-order valence-corrected chi connectivity index (χ3v) is 5.93. The first-order valence-corrected chi connectivity index (χ1v) is 9.90. The van der Waals surface area contributed by atoms with E-state index < -0.39 is 11.8 Å². The van der Waals surface area contributed by atoms with E-state index in [1.54, 1.807) is 31.2 Å². The normalized spacial score (nSPS) is 11.1. The van der Waals surface area contributed by atoms with Crippen LogP contribution in [-0.4, -0.2) is 31.6 Å². The third kappa shape index (κ3) is 3.20. The lowest BCUT2D eigenvalue weighted by Crippen LogP contribution is -2.42. The second-order valence-electron chi connectivity index (χ2n) is 6.82. The van der Waals surface area contributed by atoms with Gasteiger partial charge in [0.15, 0.2) is 5.69 Å². The van der Waals surface area contributed by atoms with Crippen molar-refractivity contribution in [2.45, 2.75) is 20.8 Å². The van der Waals surface area contributed by atoms with Gasteiger partial charge in [-0.15, -0.1) is 11.3 Å². The monoisotopic (exact) mass is 422 g/mol. The fourth-order valence-electron chi connectivity index (χ4n) is 3.39. The predicted molar refractivity (Wildman–Crippen MR) is 114 cm³/mol. The van der Waals surface area contributed by atoms with Crippen LogP contribution in [0.5, 0.6) is 0 Å². The van der Waals surface area contributed by atoms with Gasteiger partial charge in [0.1, 0.15) is 10.7 Å². The second kappa shape index (κ2) is 7.30. The molecular weight excluding hydrogens is 404 g/mol. The van der Waals surface area contributed by atoms with Gasteiger partial charge in [-0.25, -0.2) is 14.6 Å². The standard InChI is InChI=1S/C20H18N6O3S/c1-9-14-10(2)21-11(3)22-19(14)30-16(9)18(28)24-23-17(27)15-12-7-5-6-8-13(12)20(29)26(4)25-15/h5-8H,1-4H3,(H,23,27)(H,24,28). The van der Waals surface area contributed by atoms with E-state index in [9.17, 15) is 14.4 Å². The average molecular weight is 422 g/mol. The number of hydrogen-bond acceptors (Lipinski definition) is 7. The molecule has 0 saturated heterocycles. The fourth-order valence-corrected chi connectivity index (χ4v) is 4.56. The van der Waals surface area contributed by atoms with Crippen LogP contribution in [0, 0.1) is 20.8 Å². The molecule has 0 aliphatic rings. The largest absolute Gasteiger partial charge is 0.290 e. The minimum atomic E-state index is -0.624. The summed E-state index contributed by atoms with van der Waals surface area (Å²) in [6.07, 6.45) is 0. The number of aromatic nitrogens is 4. The van der Waals surface area contributed by atoms with Gasteiger partial charge in [0.05, 0.1) is 10.3 Å². The van der Waals surface area contributed by atoms with Gasteiger partial charge < -0.3 is 0 Å². The maximum Gasteiger partial charge on any atom is 0.290 e. The topological polar surface area (TPSA) is 119 Å². The lowest BCUT2D eigenvalue weighted by Gasteiger charge is -2.09. The van der Waals surface area contributed by atoms with Crippen LogP contribution in [0.15, 0.2) is 29.1 Å². The second-order valence-corrected chi connectivity index (χ2v) is 7.82. The van der Waals surface area contributed by atoms with Crippen molar-refractivity contribution in [2.75, 3.05) is 0 Å².